The molecule has 0 unspecified atom stereocenters. The van der Waals surface area contributed by atoms with E-state index in [-0.39, 0.29) is 0 Å². The molecule has 8 heteroatoms. The second-order valence-corrected chi connectivity index (χ2v) is 2.60. The van der Waals surface area contributed by atoms with Crippen molar-refractivity contribution in [1.82, 2.24) is 5.32 Å². The van der Waals surface area contributed by atoms with Crippen LogP contribution in [0.2, 0.25) is 0 Å². The Labute approximate surface area is 83.2 Å². The first-order chi connectivity index (χ1) is 6.81. The minimum absolute atomic E-state index is 0.543. The molecule has 0 aromatic rings. The number of alkyl halides is 3. The molecule has 0 aliphatic rings. The van der Waals surface area contributed by atoms with Crippen molar-refractivity contribution in [2.45, 2.75) is 12.6 Å². The van der Waals surface area contributed by atoms with Crippen molar-refractivity contribution in [2.75, 3.05) is 19.8 Å². The molecule has 0 aromatic carbocycles. The van der Waals surface area contributed by atoms with Crippen LogP contribution in [-0.2, 0) is 14.3 Å². The fraction of sp³-hybridized carbons (Fsp3) is 0.714. The van der Waals surface area contributed by atoms with Crippen molar-refractivity contribution in [3.63, 3.8) is 0 Å². The van der Waals surface area contributed by atoms with E-state index in [0.717, 1.165) is 0 Å². The maximum absolute atomic E-state index is 11.6. The Morgan fingerprint density at radius 2 is 1.87 bits per heavy atom. The number of ether oxygens (including phenoxy) is 1. The molecule has 0 spiro atoms. The van der Waals surface area contributed by atoms with Crippen molar-refractivity contribution < 1.29 is 32.6 Å². The van der Waals surface area contributed by atoms with E-state index in [4.69, 9.17) is 5.11 Å². The fourth-order valence-corrected chi connectivity index (χ4v) is 0.626. The topological polar surface area (TPSA) is 75.6 Å². The largest absolute Gasteiger partial charge is 0.480 e. The molecule has 0 radical (unpaired) electrons. The molecule has 0 saturated carbocycles. The SMILES string of the molecule is O=C(O)COCC(=O)NCCC(F)(F)F. The minimum Gasteiger partial charge on any atom is -0.480 e. The summed E-state index contributed by atoms with van der Waals surface area (Å²) in [6.07, 6.45) is -5.45. The van der Waals surface area contributed by atoms with Gasteiger partial charge in [-0.15, -0.1) is 0 Å². The molecule has 1 amide bonds. The molecule has 15 heavy (non-hydrogen) atoms. The third-order valence-corrected chi connectivity index (χ3v) is 1.19. The van der Waals surface area contributed by atoms with Crippen molar-refractivity contribution in [2.24, 2.45) is 0 Å². The van der Waals surface area contributed by atoms with Crippen LogP contribution >= 0.6 is 0 Å². The summed E-state index contributed by atoms with van der Waals surface area (Å²) in [4.78, 5) is 20.6. The average Bonchev–Trinajstić information content (AvgIpc) is 2.00. The summed E-state index contributed by atoms with van der Waals surface area (Å²) in [6, 6.07) is 0. The molecule has 0 aromatic heterocycles. The number of hydrogen-bond donors (Lipinski definition) is 2. The summed E-state index contributed by atoms with van der Waals surface area (Å²) in [5.74, 6) is -2.03. The predicted octanol–water partition coefficient (Wildman–Crippen LogP) is 0.156. The molecular formula is C7H10F3NO4. The maximum Gasteiger partial charge on any atom is 0.390 e. The highest BCUT2D eigenvalue weighted by Gasteiger charge is 2.26. The Hall–Kier alpha value is -1.31. The first kappa shape index (κ1) is 13.7. The average molecular weight is 229 g/mol. The van der Waals surface area contributed by atoms with Gasteiger partial charge >= 0.3 is 12.1 Å². The highest BCUT2D eigenvalue weighted by Crippen LogP contribution is 2.17. The lowest BCUT2D eigenvalue weighted by Crippen LogP contribution is -2.31. The van der Waals surface area contributed by atoms with Crippen LogP contribution in [-0.4, -0.2) is 42.9 Å². The van der Waals surface area contributed by atoms with Crippen LogP contribution in [0.3, 0.4) is 0 Å². The maximum atomic E-state index is 11.6. The highest BCUT2D eigenvalue weighted by molar-refractivity contribution is 5.77. The van der Waals surface area contributed by atoms with Gasteiger partial charge in [0.05, 0.1) is 6.42 Å². The molecule has 0 atom stereocenters. The van der Waals surface area contributed by atoms with Gasteiger partial charge < -0.3 is 15.2 Å². The van der Waals surface area contributed by atoms with E-state index in [1.807, 2.05) is 5.32 Å². The molecule has 88 valence electrons. The number of carbonyl (C=O) groups is 2. The van der Waals surface area contributed by atoms with E-state index in [1.165, 1.54) is 0 Å². The van der Waals surface area contributed by atoms with Gasteiger partial charge in [-0.2, -0.15) is 13.2 Å². The molecule has 0 rings (SSSR count). The van der Waals surface area contributed by atoms with E-state index < -0.39 is 44.2 Å². The summed E-state index contributed by atoms with van der Waals surface area (Å²) >= 11 is 0. The summed E-state index contributed by atoms with van der Waals surface area (Å²) in [5.41, 5.74) is 0. The summed E-state index contributed by atoms with van der Waals surface area (Å²) in [5, 5.41) is 10.0. The van der Waals surface area contributed by atoms with Gasteiger partial charge in [0.25, 0.3) is 0 Å². The first-order valence-corrected chi connectivity index (χ1v) is 3.94. The number of amides is 1. The quantitative estimate of drug-likeness (QED) is 0.680. The van der Waals surface area contributed by atoms with Crippen molar-refractivity contribution in [3.05, 3.63) is 0 Å². The summed E-state index contributed by atoms with van der Waals surface area (Å²) in [7, 11) is 0. The molecular weight excluding hydrogens is 219 g/mol. The van der Waals surface area contributed by atoms with E-state index in [2.05, 4.69) is 4.74 Å². The molecule has 0 fully saturated rings. The molecule has 0 saturated heterocycles. The zero-order valence-electron chi connectivity index (χ0n) is 7.63. The Morgan fingerprint density at radius 3 is 2.33 bits per heavy atom. The Morgan fingerprint density at radius 1 is 1.27 bits per heavy atom. The number of carbonyl (C=O) groups excluding carboxylic acids is 1. The van der Waals surface area contributed by atoms with E-state index >= 15 is 0 Å². The zero-order chi connectivity index (χ0) is 11.9. The number of halogens is 3. The fourth-order valence-electron chi connectivity index (χ4n) is 0.626. The van der Waals surface area contributed by atoms with Gasteiger partial charge in [0.15, 0.2) is 0 Å². The number of nitrogens with one attached hydrogen (secondary N) is 1. The van der Waals surface area contributed by atoms with E-state index in [9.17, 15) is 22.8 Å². The molecule has 0 heterocycles. The molecule has 0 aliphatic heterocycles. The highest BCUT2D eigenvalue weighted by atomic mass is 19.4. The van der Waals surface area contributed by atoms with Crippen molar-refractivity contribution in [1.29, 1.82) is 0 Å². The van der Waals surface area contributed by atoms with Crippen LogP contribution in [0.15, 0.2) is 0 Å². The van der Waals surface area contributed by atoms with Gasteiger partial charge in [0.1, 0.15) is 13.2 Å². The molecule has 5 nitrogen and oxygen atoms in total. The third-order valence-electron chi connectivity index (χ3n) is 1.19. The number of carboxylic acids is 1. The van der Waals surface area contributed by atoms with Crippen LogP contribution in [0.25, 0.3) is 0 Å². The lowest BCUT2D eigenvalue weighted by Gasteiger charge is -2.07. The van der Waals surface area contributed by atoms with Crippen LogP contribution in [0, 0.1) is 0 Å². The normalized spacial score (nSPS) is 11.1. The first-order valence-electron chi connectivity index (χ1n) is 3.94. The minimum atomic E-state index is -4.32. The smallest absolute Gasteiger partial charge is 0.390 e. The third kappa shape index (κ3) is 10.6. The van der Waals surface area contributed by atoms with Crippen molar-refractivity contribution in [3.8, 4) is 0 Å². The standard InChI is InChI=1S/C7H10F3NO4/c8-7(9,10)1-2-11-5(12)3-15-4-6(13)14/h1-4H2,(H,11,12)(H,13,14). The second-order valence-electron chi connectivity index (χ2n) is 2.60. The lowest BCUT2D eigenvalue weighted by molar-refractivity contribution is -0.143. The van der Waals surface area contributed by atoms with Gasteiger partial charge in [-0.3, -0.25) is 4.79 Å². The Kier molecular flexibility index (Phi) is 5.68. The van der Waals surface area contributed by atoms with E-state index in [0.29, 0.717) is 0 Å². The van der Waals surface area contributed by atoms with Gasteiger partial charge in [-0.1, -0.05) is 0 Å². The van der Waals surface area contributed by atoms with Gasteiger partial charge in [0, 0.05) is 6.54 Å². The summed E-state index contributed by atoms with van der Waals surface area (Å²) < 4.78 is 39.2. The monoisotopic (exact) mass is 229 g/mol. The van der Waals surface area contributed by atoms with Gasteiger partial charge in [0.2, 0.25) is 5.91 Å². The van der Waals surface area contributed by atoms with Crippen molar-refractivity contribution >= 4 is 11.9 Å². The Balaban J connectivity index is 3.46. The number of aliphatic carboxylic acids is 1. The number of carboxylic acid groups (broad SMARTS) is 1. The second kappa shape index (κ2) is 6.23. The molecule has 0 bridgehead atoms. The van der Waals surface area contributed by atoms with Gasteiger partial charge in [-0.05, 0) is 0 Å². The predicted molar refractivity (Wildman–Crippen MR) is 42.1 cm³/mol. The zero-order valence-corrected chi connectivity index (χ0v) is 7.63. The molecule has 0 aliphatic carbocycles. The lowest BCUT2D eigenvalue weighted by atomic mass is 10.4. The molecule has 2 N–H and O–H groups in total. The van der Waals surface area contributed by atoms with Crippen LogP contribution < -0.4 is 5.32 Å². The summed E-state index contributed by atoms with van der Waals surface area (Å²) in [6.45, 7) is -1.77. The number of rotatable bonds is 6. The van der Waals surface area contributed by atoms with Crippen LogP contribution in [0.4, 0.5) is 13.2 Å². The van der Waals surface area contributed by atoms with Crippen LogP contribution in [0.5, 0.6) is 0 Å². The van der Waals surface area contributed by atoms with Crippen LogP contribution in [0.1, 0.15) is 6.42 Å². The number of hydrogen-bond acceptors (Lipinski definition) is 3. The Bertz CT molecular complexity index is 229. The van der Waals surface area contributed by atoms with E-state index in [1.54, 1.807) is 0 Å². The van der Waals surface area contributed by atoms with Gasteiger partial charge in [-0.25, -0.2) is 4.79 Å².